The zero-order chi connectivity index (χ0) is 27.2. The molecule has 202 valence electrons. The molecule has 3 N–H and O–H groups in total. The van der Waals surface area contributed by atoms with E-state index in [1.807, 2.05) is 22.2 Å². The summed E-state index contributed by atoms with van der Waals surface area (Å²) in [6, 6.07) is 9.97. The van der Waals surface area contributed by atoms with Crippen LogP contribution in [0.3, 0.4) is 0 Å². The van der Waals surface area contributed by atoms with Gasteiger partial charge >= 0.3 is 0 Å². The first-order valence-electron chi connectivity index (χ1n) is 11.9. The molecule has 2 amide bonds. The van der Waals surface area contributed by atoms with E-state index in [4.69, 9.17) is 39.5 Å². The number of nitrogens with zero attached hydrogens (tertiary/aromatic N) is 2. The molecule has 0 radical (unpaired) electrons. The second-order valence-corrected chi connectivity index (χ2v) is 10.9. The summed E-state index contributed by atoms with van der Waals surface area (Å²) in [6.45, 7) is 3.14. The molecule has 1 fully saturated rings. The van der Waals surface area contributed by atoms with E-state index < -0.39 is 11.8 Å². The molecule has 1 saturated heterocycles. The zero-order valence-electron chi connectivity index (χ0n) is 20.6. The van der Waals surface area contributed by atoms with Crippen LogP contribution in [0.25, 0.3) is 0 Å². The highest BCUT2D eigenvalue weighted by molar-refractivity contribution is 7.13. The summed E-state index contributed by atoms with van der Waals surface area (Å²) in [5, 5.41) is 18.0. The predicted molar refractivity (Wildman–Crippen MR) is 155 cm³/mol. The second-order valence-electron chi connectivity index (χ2n) is 8.73. The summed E-state index contributed by atoms with van der Waals surface area (Å²) < 4.78 is 5.49. The third-order valence-electron chi connectivity index (χ3n) is 5.95. The van der Waals surface area contributed by atoms with Gasteiger partial charge in [-0.1, -0.05) is 34.8 Å². The number of anilines is 3. The molecular weight excluding hydrogens is 571 g/mol. The first-order chi connectivity index (χ1) is 18.3. The molecule has 4 rings (SSSR count). The maximum absolute atomic E-state index is 13.5. The SMILES string of the molecule is CN(CCO)Cc1csc(C(=O)Nc2c(C(=O)Nc3ccc(Cl)cc3)cc(Cl)cc2N2CCOCC2)c1Cl. The molecule has 38 heavy (non-hydrogen) atoms. The zero-order valence-corrected chi connectivity index (χ0v) is 23.7. The van der Waals surface area contributed by atoms with Crippen molar-refractivity contribution in [1.82, 2.24) is 4.90 Å². The van der Waals surface area contributed by atoms with Crippen LogP contribution >= 0.6 is 46.1 Å². The van der Waals surface area contributed by atoms with Crippen LogP contribution in [-0.2, 0) is 11.3 Å². The summed E-state index contributed by atoms with van der Waals surface area (Å²) in [5.41, 5.74) is 2.48. The first kappa shape index (κ1) is 28.6. The second kappa shape index (κ2) is 13.1. The fraction of sp³-hybridized carbons (Fsp3) is 0.308. The van der Waals surface area contributed by atoms with Gasteiger partial charge in [-0.2, -0.15) is 0 Å². The normalized spacial score (nSPS) is 13.6. The van der Waals surface area contributed by atoms with Gasteiger partial charge in [0, 0.05) is 41.9 Å². The predicted octanol–water partition coefficient (Wildman–Crippen LogP) is 5.47. The quantitative estimate of drug-likeness (QED) is 0.303. The van der Waals surface area contributed by atoms with Crippen LogP contribution in [0.2, 0.25) is 15.1 Å². The van der Waals surface area contributed by atoms with E-state index >= 15 is 0 Å². The van der Waals surface area contributed by atoms with E-state index in [1.165, 1.54) is 17.4 Å². The van der Waals surface area contributed by atoms with Gasteiger partial charge in [0.2, 0.25) is 0 Å². The standard InChI is InChI=1S/C26H27Cl3N4O4S/c1-32(6-9-34)14-16-15-38-24(22(16)29)26(36)31-23-20(25(35)30-19-4-2-17(27)3-5-19)12-18(28)13-21(23)33-7-10-37-11-8-33/h2-5,12-13,15,34H,6-11,14H2,1H3,(H,30,35)(H,31,36). The lowest BCUT2D eigenvalue weighted by Gasteiger charge is -2.31. The van der Waals surface area contributed by atoms with Gasteiger partial charge in [0.1, 0.15) is 4.88 Å². The molecule has 0 atom stereocenters. The number of aliphatic hydroxyl groups is 1. The van der Waals surface area contributed by atoms with Gasteiger partial charge in [-0.05, 0) is 54.4 Å². The van der Waals surface area contributed by atoms with Crippen LogP contribution in [0, 0.1) is 0 Å². The monoisotopic (exact) mass is 596 g/mol. The minimum Gasteiger partial charge on any atom is -0.395 e. The summed E-state index contributed by atoms with van der Waals surface area (Å²) in [6.07, 6.45) is 0. The van der Waals surface area contributed by atoms with Crippen molar-refractivity contribution in [3.05, 3.63) is 72.9 Å². The molecule has 2 heterocycles. The van der Waals surface area contributed by atoms with Gasteiger partial charge in [0.15, 0.2) is 0 Å². The molecule has 0 saturated carbocycles. The van der Waals surface area contributed by atoms with Crippen molar-refractivity contribution in [3.8, 4) is 0 Å². The lowest BCUT2D eigenvalue weighted by atomic mass is 10.1. The highest BCUT2D eigenvalue weighted by Gasteiger charge is 2.26. The number of ether oxygens (including phenoxy) is 1. The molecule has 0 spiro atoms. The number of nitrogens with one attached hydrogen (secondary N) is 2. The Kier molecular flexibility index (Phi) is 9.89. The topological polar surface area (TPSA) is 94.1 Å². The van der Waals surface area contributed by atoms with E-state index in [0.717, 1.165) is 5.56 Å². The molecule has 1 aliphatic rings. The number of aliphatic hydroxyl groups excluding tert-OH is 1. The van der Waals surface area contributed by atoms with Crippen LogP contribution in [-0.4, -0.2) is 68.3 Å². The summed E-state index contributed by atoms with van der Waals surface area (Å²) in [7, 11) is 1.86. The van der Waals surface area contributed by atoms with Crippen LogP contribution in [0.15, 0.2) is 41.8 Å². The summed E-state index contributed by atoms with van der Waals surface area (Å²) in [5.74, 6) is -0.878. The van der Waals surface area contributed by atoms with E-state index in [-0.39, 0.29) is 12.2 Å². The lowest BCUT2D eigenvalue weighted by molar-refractivity contribution is 0.102. The molecule has 0 aliphatic carbocycles. The Morgan fingerprint density at radius 2 is 1.76 bits per heavy atom. The molecular formula is C26H27Cl3N4O4S. The van der Waals surface area contributed by atoms with Crippen molar-refractivity contribution < 1.29 is 19.4 Å². The van der Waals surface area contributed by atoms with E-state index in [0.29, 0.717) is 76.4 Å². The number of rotatable bonds is 9. The average molecular weight is 598 g/mol. The van der Waals surface area contributed by atoms with Crippen molar-refractivity contribution in [2.45, 2.75) is 6.54 Å². The van der Waals surface area contributed by atoms with E-state index in [9.17, 15) is 14.7 Å². The minimum absolute atomic E-state index is 0.0212. The van der Waals surface area contributed by atoms with Gasteiger partial charge in [-0.25, -0.2) is 0 Å². The van der Waals surface area contributed by atoms with E-state index in [1.54, 1.807) is 30.3 Å². The number of benzene rings is 2. The Morgan fingerprint density at radius 1 is 1.05 bits per heavy atom. The number of thiophene rings is 1. The van der Waals surface area contributed by atoms with Crippen molar-refractivity contribution in [2.24, 2.45) is 0 Å². The number of hydrogen-bond donors (Lipinski definition) is 3. The Morgan fingerprint density at radius 3 is 2.45 bits per heavy atom. The highest BCUT2D eigenvalue weighted by Crippen LogP contribution is 2.37. The molecule has 1 aliphatic heterocycles. The van der Waals surface area contributed by atoms with Crippen LogP contribution < -0.4 is 15.5 Å². The number of morpholine rings is 1. The Labute approximate surface area is 240 Å². The molecule has 0 bridgehead atoms. The maximum atomic E-state index is 13.5. The lowest BCUT2D eigenvalue weighted by Crippen LogP contribution is -2.37. The molecule has 1 aromatic heterocycles. The van der Waals surface area contributed by atoms with Crippen molar-refractivity contribution in [3.63, 3.8) is 0 Å². The van der Waals surface area contributed by atoms with E-state index in [2.05, 4.69) is 10.6 Å². The van der Waals surface area contributed by atoms with Crippen LogP contribution in [0.4, 0.5) is 17.1 Å². The maximum Gasteiger partial charge on any atom is 0.267 e. The number of halogens is 3. The van der Waals surface area contributed by atoms with Gasteiger partial charge in [-0.15, -0.1) is 11.3 Å². The average Bonchev–Trinajstić information content (AvgIpc) is 3.26. The third kappa shape index (κ3) is 6.98. The van der Waals surface area contributed by atoms with Crippen molar-refractivity contribution >= 4 is 75.0 Å². The molecule has 0 unspecified atom stereocenters. The molecule has 12 heteroatoms. The number of hydrogen-bond acceptors (Lipinski definition) is 7. The number of carbonyl (C=O) groups excluding carboxylic acids is 2. The van der Waals surface area contributed by atoms with Crippen LogP contribution in [0.1, 0.15) is 25.6 Å². The number of amides is 2. The Bertz CT molecular complexity index is 1300. The molecule has 2 aromatic carbocycles. The van der Waals surface area contributed by atoms with Gasteiger partial charge < -0.3 is 25.4 Å². The summed E-state index contributed by atoms with van der Waals surface area (Å²) >= 11 is 20.2. The van der Waals surface area contributed by atoms with Gasteiger partial charge in [0.05, 0.1) is 41.8 Å². The number of likely N-dealkylation sites (N-methyl/N-ethyl adjacent to an activating group) is 1. The Hall–Kier alpha value is -2.37. The van der Waals surface area contributed by atoms with Gasteiger partial charge in [0.25, 0.3) is 11.8 Å². The van der Waals surface area contributed by atoms with Crippen molar-refractivity contribution in [1.29, 1.82) is 0 Å². The Balaban J connectivity index is 1.68. The fourth-order valence-corrected chi connectivity index (χ4v) is 5.62. The smallest absolute Gasteiger partial charge is 0.267 e. The van der Waals surface area contributed by atoms with Gasteiger partial charge in [-0.3, -0.25) is 14.5 Å². The third-order valence-corrected chi connectivity index (χ3v) is 7.99. The molecule has 3 aromatic rings. The largest absolute Gasteiger partial charge is 0.395 e. The highest BCUT2D eigenvalue weighted by atomic mass is 35.5. The number of carbonyl (C=O) groups is 2. The first-order valence-corrected chi connectivity index (χ1v) is 13.9. The van der Waals surface area contributed by atoms with Crippen molar-refractivity contribution in [2.75, 3.05) is 62.0 Å². The fourth-order valence-electron chi connectivity index (χ4n) is 4.04. The molecule has 8 nitrogen and oxygen atoms in total. The summed E-state index contributed by atoms with van der Waals surface area (Å²) in [4.78, 5) is 31.2. The minimum atomic E-state index is -0.441. The van der Waals surface area contributed by atoms with Crippen LogP contribution in [0.5, 0.6) is 0 Å².